The monoisotopic (exact) mass is 139 g/mol. The number of hydrogen-bond donors (Lipinski definition) is 0. The minimum Gasteiger partial charge on any atom is -0.280 e. The van der Waals surface area contributed by atoms with E-state index in [1.165, 1.54) is 6.66 Å². The highest BCUT2D eigenvalue weighted by atomic mass is 35.7. The van der Waals surface area contributed by atoms with Crippen LogP contribution in [0.5, 0.6) is 0 Å². The fraction of sp³-hybridized carbons (Fsp3) is 0.500. The molecule has 0 aliphatic heterocycles. The molecule has 3 nitrogen and oxygen atoms in total. The lowest BCUT2D eigenvalue weighted by atomic mass is 11.7. The van der Waals surface area contributed by atoms with Crippen LogP contribution in [0.3, 0.4) is 0 Å². The number of isocyanates is 1. The molecule has 0 aromatic heterocycles. The molecule has 0 saturated heterocycles. The Morgan fingerprint density at radius 2 is 2.29 bits per heavy atom. The number of hydrogen-bond acceptors (Lipinski definition) is 2. The van der Waals surface area contributed by atoms with Crippen LogP contribution >= 0.6 is 17.9 Å². The van der Waals surface area contributed by atoms with Gasteiger partial charge in [-0.15, -0.1) is 4.76 Å². The summed E-state index contributed by atoms with van der Waals surface area (Å²) < 4.78 is 12.9. The Hall–Kier alpha value is -0.100. The lowest BCUT2D eigenvalue weighted by Crippen LogP contribution is -1.54. The highest BCUT2D eigenvalue weighted by Gasteiger charge is 2.03. The van der Waals surface area contributed by atoms with Gasteiger partial charge in [-0.05, 0) is 11.2 Å². The zero-order chi connectivity index (χ0) is 5.91. The van der Waals surface area contributed by atoms with E-state index in [1.54, 1.807) is 0 Å². The molecule has 0 radical (unpaired) electrons. The Kier molecular flexibility index (Phi) is 2.24. The van der Waals surface area contributed by atoms with Crippen LogP contribution in [0.2, 0.25) is 0 Å². The standard InChI is InChI=1S/C2H3ClNO2P/c1-7(3,6)4-2-5/h1H3. The van der Waals surface area contributed by atoms with Gasteiger partial charge in [0.15, 0.2) is 0 Å². The zero-order valence-corrected chi connectivity index (χ0v) is 5.24. The third-order valence-corrected chi connectivity index (χ3v) is 0.885. The summed E-state index contributed by atoms with van der Waals surface area (Å²) in [6.45, 7) is -1.83. The smallest absolute Gasteiger partial charge is 0.280 e. The zero-order valence-electron chi connectivity index (χ0n) is 3.59. The molecule has 0 rings (SSSR count). The maximum Gasteiger partial charge on any atom is 0.283 e. The third-order valence-electron chi connectivity index (χ3n) is 0.219. The van der Waals surface area contributed by atoms with E-state index >= 15 is 0 Å². The summed E-state index contributed by atoms with van der Waals surface area (Å²) in [5.41, 5.74) is 0. The topological polar surface area (TPSA) is 46.5 Å². The molecule has 1 unspecified atom stereocenters. The molecule has 0 spiro atoms. The van der Waals surface area contributed by atoms with Crippen molar-refractivity contribution >= 4 is 24.0 Å². The summed E-state index contributed by atoms with van der Waals surface area (Å²) in [5.74, 6) is 0. The van der Waals surface area contributed by atoms with Crippen LogP contribution < -0.4 is 0 Å². The maximum absolute atomic E-state index is 10.2. The van der Waals surface area contributed by atoms with Gasteiger partial charge in [-0.25, -0.2) is 4.79 Å². The second-order valence-electron chi connectivity index (χ2n) is 0.969. The molecular weight excluding hydrogens is 136 g/mol. The predicted octanol–water partition coefficient (Wildman–Crippen LogP) is 1.38. The fourth-order valence-electron chi connectivity index (χ4n) is 0.0729. The summed E-state index contributed by atoms with van der Waals surface area (Å²) in [5, 5.41) is 0. The molecule has 0 N–H and O–H groups in total. The third kappa shape index (κ3) is 5.90. The molecule has 0 fully saturated rings. The molecular formula is C2H3ClNO2P. The highest BCUT2D eigenvalue weighted by molar-refractivity contribution is 7.87. The van der Waals surface area contributed by atoms with E-state index in [2.05, 4.69) is 4.76 Å². The number of halogens is 1. The molecule has 7 heavy (non-hydrogen) atoms. The first kappa shape index (κ1) is 6.90. The Labute approximate surface area is 45.6 Å². The van der Waals surface area contributed by atoms with Gasteiger partial charge in [0.05, 0.1) is 0 Å². The number of rotatable bonds is 1. The van der Waals surface area contributed by atoms with Gasteiger partial charge in [-0.2, -0.15) is 0 Å². The van der Waals surface area contributed by atoms with Crippen LogP contribution in [-0.4, -0.2) is 12.7 Å². The van der Waals surface area contributed by atoms with Crippen molar-refractivity contribution in [2.45, 2.75) is 0 Å². The molecule has 0 amide bonds. The van der Waals surface area contributed by atoms with Crippen molar-refractivity contribution in [3.05, 3.63) is 0 Å². The predicted molar refractivity (Wildman–Crippen MR) is 27.5 cm³/mol. The lowest BCUT2D eigenvalue weighted by Gasteiger charge is -1.83. The first-order valence-electron chi connectivity index (χ1n) is 1.43. The van der Waals surface area contributed by atoms with Crippen molar-refractivity contribution in [2.75, 3.05) is 6.66 Å². The van der Waals surface area contributed by atoms with E-state index in [-0.39, 0.29) is 0 Å². The molecule has 40 valence electrons. The molecule has 0 heterocycles. The maximum atomic E-state index is 10.2. The molecule has 0 aliphatic rings. The van der Waals surface area contributed by atoms with Crippen molar-refractivity contribution in [3.8, 4) is 0 Å². The van der Waals surface area contributed by atoms with Gasteiger partial charge in [0, 0.05) is 6.66 Å². The molecule has 0 aliphatic carbocycles. The fourth-order valence-corrected chi connectivity index (χ4v) is 0.311. The van der Waals surface area contributed by atoms with Crippen molar-refractivity contribution < 1.29 is 9.36 Å². The Bertz CT molecular complexity index is 144. The van der Waals surface area contributed by atoms with Gasteiger partial charge in [0.25, 0.3) is 6.65 Å². The summed E-state index contributed by atoms with van der Waals surface area (Å²) >= 11 is 4.96. The highest BCUT2D eigenvalue weighted by Crippen LogP contribution is 2.47. The van der Waals surface area contributed by atoms with E-state index < -0.39 is 6.65 Å². The van der Waals surface area contributed by atoms with Crippen LogP contribution in [0.25, 0.3) is 0 Å². The van der Waals surface area contributed by atoms with Gasteiger partial charge in [0.1, 0.15) is 0 Å². The van der Waals surface area contributed by atoms with E-state index in [0.29, 0.717) is 0 Å². The van der Waals surface area contributed by atoms with Crippen molar-refractivity contribution in [1.82, 2.24) is 0 Å². The van der Waals surface area contributed by atoms with Gasteiger partial charge >= 0.3 is 0 Å². The Balaban J connectivity index is 4.10. The van der Waals surface area contributed by atoms with E-state index in [9.17, 15) is 9.36 Å². The van der Waals surface area contributed by atoms with Gasteiger partial charge in [0.2, 0.25) is 6.08 Å². The van der Waals surface area contributed by atoms with E-state index in [0.717, 1.165) is 6.08 Å². The average molecular weight is 139 g/mol. The van der Waals surface area contributed by atoms with E-state index in [1.807, 2.05) is 0 Å². The molecule has 1 atom stereocenters. The molecule has 0 saturated carbocycles. The Morgan fingerprint density at radius 1 is 1.86 bits per heavy atom. The van der Waals surface area contributed by atoms with Crippen LogP contribution in [0.1, 0.15) is 0 Å². The van der Waals surface area contributed by atoms with Crippen molar-refractivity contribution in [3.63, 3.8) is 0 Å². The van der Waals surface area contributed by atoms with Gasteiger partial charge in [-0.1, -0.05) is 0 Å². The normalized spacial score (nSPS) is 16.9. The first-order chi connectivity index (χ1) is 3.06. The molecule has 0 aromatic rings. The van der Waals surface area contributed by atoms with Gasteiger partial charge in [-0.3, -0.25) is 4.57 Å². The largest absolute Gasteiger partial charge is 0.283 e. The summed E-state index contributed by atoms with van der Waals surface area (Å²) in [7, 11) is 0. The SMILES string of the molecule is CP(=O)(Cl)N=C=O. The lowest BCUT2D eigenvalue weighted by molar-refractivity contribution is 0.564. The number of nitrogens with zero attached hydrogens (tertiary/aromatic N) is 1. The van der Waals surface area contributed by atoms with Crippen LogP contribution in [-0.2, 0) is 9.36 Å². The van der Waals surface area contributed by atoms with Crippen LogP contribution in [0, 0.1) is 0 Å². The molecule has 0 bridgehead atoms. The van der Waals surface area contributed by atoms with Crippen LogP contribution in [0.15, 0.2) is 4.76 Å². The minimum absolute atomic E-state index is 1.09. The summed E-state index contributed by atoms with van der Waals surface area (Å²) in [6, 6.07) is 0. The first-order valence-corrected chi connectivity index (χ1v) is 4.44. The second kappa shape index (κ2) is 2.27. The average Bonchev–Trinajstić information content (AvgIpc) is 1.30. The second-order valence-corrected chi connectivity index (χ2v) is 4.61. The van der Waals surface area contributed by atoms with Gasteiger partial charge < -0.3 is 0 Å². The van der Waals surface area contributed by atoms with E-state index in [4.69, 9.17) is 11.2 Å². The summed E-state index contributed by atoms with van der Waals surface area (Å²) in [4.78, 5) is 9.27. The quantitative estimate of drug-likeness (QED) is 0.313. The number of carbonyl (C=O) groups excluding carboxylic acids is 1. The van der Waals surface area contributed by atoms with Crippen LogP contribution in [0.4, 0.5) is 0 Å². The summed E-state index contributed by atoms with van der Waals surface area (Å²) in [6.07, 6.45) is 1.09. The molecule has 5 heteroatoms. The molecule has 0 aromatic carbocycles. The van der Waals surface area contributed by atoms with Crippen molar-refractivity contribution in [2.24, 2.45) is 4.76 Å². The van der Waals surface area contributed by atoms with Crippen molar-refractivity contribution in [1.29, 1.82) is 0 Å². The Morgan fingerprint density at radius 3 is 2.29 bits per heavy atom. The minimum atomic E-state index is -2.99.